The Kier molecular flexibility index (Phi) is 6.07. The molecule has 0 heterocycles. The zero-order valence-corrected chi connectivity index (χ0v) is 12.0. The lowest BCUT2D eigenvalue weighted by Gasteiger charge is -2.19. The molecule has 0 fully saturated rings. The molecule has 1 nitrogen and oxygen atoms in total. The van der Waals surface area contributed by atoms with E-state index < -0.39 is 0 Å². The van der Waals surface area contributed by atoms with E-state index in [4.69, 9.17) is 0 Å². The first-order chi connectivity index (χ1) is 7.69. The van der Waals surface area contributed by atoms with E-state index in [-0.39, 0.29) is 0 Å². The zero-order valence-electron chi connectivity index (χ0n) is 10.5. The van der Waals surface area contributed by atoms with Gasteiger partial charge in [0.15, 0.2) is 0 Å². The van der Waals surface area contributed by atoms with Crippen molar-refractivity contribution in [2.45, 2.75) is 39.7 Å². The number of nitrogens with one attached hydrogen (secondary N) is 1. The van der Waals surface area contributed by atoms with Crippen LogP contribution in [0.1, 0.15) is 45.2 Å². The molecule has 0 spiro atoms. The van der Waals surface area contributed by atoms with Gasteiger partial charge in [0.25, 0.3) is 0 Å². The smallest absolute Gasteiger partial charge is 0.0303 e. The molecule has 0 aliphatic carbocycles. The summed E-state index contributed by atoms with van der Waals surface area (Å²) in [5.41, 5.74) is 1.34. The molecule has 1 aromatic carbocycles. The zero-order chi connectivity index (χ0) is 12.0. The number of halogens is 1. The minimum atomic E-state index is 0.413. The first kappa shape index (κ1) is 13.7. The van der Waals surface area contributed by atoms with Crippen molar-refractivity contribution in [3.63, 3.8) is 0 Å². The van der Waals surface area contributed by atoms with E-state index in [1.165, 1.54) is 22.9 Å². The van der Waals surface area contributed by atoms with Crippen LogP contribution < -0.4 is 5.32 Å². The van der Waals surface area contributed by atoms with Gasteiger partial charge in [0.05, 0.1) is 0 Å². The molecule has 0 aliphatic heterocycles. The number of benzene rings is 1. The maximum Gasteiger partial charge on any atom is 0.0303 e. The summed E-state index contributed by atoms with van der Waals surface area (Å²) in [7, 11) is 0. The van der Waals surface area contributed by atoms with Gasteiger partial charge in [-0.05, 0) is 31.0 Å². The van der Waals surface area contributed by atoms with E-state index in [1.807, 2.05) is 0 Å². The molecule has 0 aromatic heterocycles. The Balaban J connectivity index is 2.52. The van der Waals surface area contributed by atoms with Crippen LogP contribution in [0.5, 0.6) is 0 Å². The lowest BCUT2D eigenvalue weighted by molar-refractivity contribution is 0.422. The predicted octanol–water partition coefficient (Wildman–Crippen LogP) is 4.54. The van der Waals surface area contributed by atoms with Gasteiger partial charge in [0.2, 0.25) is 0 Å². The Bertz CT molecular complexity index is 307. The Morgan fingerprint density at radius 3 is 2.38 bits per heavy atom. The number of hydrogen-bond acceptors (Lipinski definition) is 1. The Morgan fingerprint density at radius 2 is 1.81 bits per heavy atom. The van der Waals surface area contributed by atoms with Crippen LogP contribution in [0.3, 0.4) is 0 Å². The monoisotopic (exact) mass is 283 g/mol. The van der Waals surface area contributed by atoms with E-state index in [0.717, 1.165) is 12.5 Å². The van der Waals surface area contributed by atoms with E-state index in [1.54, 1.807) is 0 Å². The summed E-state index contributed by atoms with van der Waals surface area (Å²) in [6.45, 7) is 7.86. The second kappa shape index (κ2) is 7.08. The van der Waals surface area contributed by atoms with Crippen molar-refractivity contribution in [3.8, 4) is 0 Å². The highest BCUT2D eigenvalue weighted by molar-refractivity contribution is 9.10. The maximum absolute atomic E-state index is 3.61. The molecule has 16 heavy (non-hydrogen) atoms. The number of rotatable bonds is 6. The Hall–Kier alpha value is -0.340. The van der Waals surface area contributed by atoms with Crippen LogP contribution in [0.4, 0.5) is 0 Å². The van der Waals surface area contributed by atoms with Crippen molar-refractivity contribution >= 4 is 15.9 Å². The van der Waals surface area contributed by atoms with Crippen LogP contribution in [-0.2, 0) is 0 Å². The van der Waals surface area contributed by atoms with Crippen LogP contribution in [0, 0.1) is 5.92 Å². The normalized spacial score (nSPS) is 13.1. The molecule has 90 valence electrons. The fourth-order valence-electron chi connectivity index (χ4n) is 1.86. The van der Waals surface area contributed by atoms with Gasteiger partial charge in [-0.3, -0.25) is 0 Å². The standard InChI is InChI=1S/C14H22BrN/c1-4-12(5-2)10-16-11(3)13-8-6-7-9-14(13)15/h6-9,11-12,16H,4-5,10H2,1-3H3/t11-/m0/s1. The highest BCUT2D eigenvalue weighted by Gasteiger charge is 2.10. The van der Waals surface area contributed by atoms with Gasteiger partial charge in [-0.15, -0.1) is 0 Å². The maximum atomic E-state index is 3.61. The van der Waals surface area contributed by atoms with E-state index in [0.29, 0.717) is 6.04 Å². The summed E-state index contributed by atoms with van der Waals surface area (Å²) < 4.78 is 1.19. The van der Waals surface area contributed by atoms with E-state index in [2.05, 4.69) is 66.3 Å². The first-order valence-corrected chi connectivity index (χ1v) is 6.96. The SMILES string of the molecule is CCC(CC)CN[C@@H](C)c1ccccc1Br. The molecule has 0 saturated heterocycles. The van der Waals surface area contributed by atoms with Gasteiger partial charge in [-0.1, -0.05) is 60.8 Å². The largest absolute Gasteiger partial charge is 0.310 e. The molecule has 0 amide bonds. The van der Waals surface area contributed by atoms with Gasteiger partial charge in [-0.2, -0.15) is 0 Å². The van der Waals surface area contributed by atoms with Crippen LogP contribution in [0.2, 0.25) is 0 Å². The predicted molar refractivity (Wildman–Crippen MR) is 74.6 cm³/mol. The van der Waals surface area contributed by atoms with Gasteiger partial charge in [0, 0.05) is 10.5 Å². The van der Waals surface area contributed by atoms with Gasteiger partial charge < -0.3 is 5.32 Å². The second-order valence-electron chi connectivity index (χ2n) is 4.33. The molecule has 0 unspecified atom stereocenters. The molecule has 0 aliphatic rings. The van der Waals surface area contributed by atoms with E-state index in [9.17, 15) is 0 Å². The fraction of sp³-hybridized carbons (Fsp3) is 0.571. The van der Waals surface area contributed by atoms with Crippen LogP contribution in [0.25, 0.3) is 0 Å². The van der Waals surface area contributed by atoms with Crippen LogP contribution >= 0.6 is 15.9 Å². The number of hydrogen-bond donors (Lipinski definition) is 1. The minimum Gasteiger partial charge on any atom is -0.310 e. The first-order valence-electron chi connectivity index (χ1n) is 6.16. The summed E-state index contributed by atoms with van der Waals surface area (Å²) in [6.07, 6.45) is 2.51. The average molecular weight is 284 g/mol. The summed E-state index contributed by atoms with van der Waals surface area (Å²) in [5, 5.41) is 3.61. The fourth-order valence-corrected chi connectivity index (χ4v) is 2.49. The third kappa shape index (κ3) is 3.91. The quantitative estimate of drug-likeness (QED) is 0.809. The topological polar surface area (TPSA) is 12.0 Å². The molecule has 1 N–H and O–H groups in total. The molecule has 0 saturated carbocycles. The minimum absolute atomic E-state index is 0.413. The van der Waals surface area contributed by atoms with Crippen molar-refractivity contribution in [3.05, 3.63) is 34.3 Å². The second-order valence-corrected chi connectivity index (χ2v) is 5.19. The van der Waals surface area contributed by atoms with Crippen molar-refractivity contribution in [1.82, 2.24) is 5.32 Å². The third-order valence-electron chi connectivity index (χ3n) is 3.24. The summed E-state index contributed by atoms with van der Waals surface area (Å²) in [4.78, 5) is 0. The van der Waals surface area contributed by atoms with Gasteiger partial charge >= 0.3 is 0 Å². The molecule has 2 heteroatoms. The molecule has 1 atom stereocenters. The van der Waals surface area contributed by atoms with Crippen LogP contribution in [0.15, 0.2) is 28.7 Å². The summed E-state index contributed by atoms with van der Waals surface area (Å²) in [5.74, 6) is 0.796. The highest BCUT2D eigenvalue weighted by Crippen LogP contribution is 2.23. The van der Waals surface area contributed by atoms with Crippen molar-refractivity contribution in [2.75, 3.05) is 6.54 Å². The van der Waals surface area contributed by atoms with Crippen molar-refractivity contribution < 1.29 is 0 Å². The molecule has 0 bridgehead atoms. The lowest BCUT2D eigenvalue weighted by atomic mass is 10.0. The molecule has 1 rings (SSSR count). The Labute approximate surface area is 108 Å². The summed E-state index contributed by atoms with van der Waals surface area (Å²) >= 11 is 3.60. The summed E-state index contributed by atoms with van der Waals surface area (Å²) in [6, 6.07) is 8.84. The molecule has 1 aromatic rings. The van der Waals surface area contributed by atoms with Crippen molar-refractivity contribution in [2.24, 2.45) is 5.92 Å². The molecule has 0 radical (unpaired) electrons. The van der Waals surface area contributed by atoms with Crippen molar-refractivity contribution in [1.29, 1.82) is 0 Å². The highest BCUT2D eigenvalue weighted by atomic mass is 79.9. The molecular weight excluding hydrogens is 262 g/mol. The van der Waals surface area contributed by atoms with E-state index >= 15 is 0 Å². The average Bonchev–Trinajstić information content (AvgIpc) is 2.30. The van der Waals surface area contributed by atoms with Crippen LogP contribution in [-0.4, -0.2) is 6.54 Å². The third-order valence-corrected chi connectivity index (χ3v) is 3.96. The van der Waals surface area contributed by atoms with Gasteiger partial charge in [-0.25, -0.2) is 0 Å². The molecular formula is C14H22BrN. The lowest BCUT2D eigenvalue weighted by Crippen LogP contribution is -2.25. The van der Waals surface area contributed by atoms with Gasteiger partial charge in [0.1, 0.15) is 0 Å². The Morgan fingerprint density at radius 1 is 1.19 bits per heavy atom.